The van der Waals surface area contributed by atoms with Gasteiger partial charge in [-0.3, -0.25) is 9.89 Å². The second-order valence-electron chi connectivity index (χ2n) is 8.81. The van der Waals surface area contributed by atoms with Crippen LogP contribution in [0.2, 0.25) is 0 Å². The lowest BCUT2D eigenvalue weighted by molar-refractivity contribution is 0.0740. The molecular formula is C25H25N7O3. The molecule has 0 radical (unpaired) electrons. The molecule has 1 saturated heterocycles. The van der Waals surface area contributed by atoms with Crippen LogP contribution in [-0.4, -0.2) is 69.4 Å². The van der Waals surface area contributed by atoms with Crippen molar-refractivity contribution in [2.75, 3.05) is 38.2 Å². The molecule has 1 saturated carbocycles. The van der Waals surface area contributed by atoms with Crippen molar-refractivity contribution < 1.29 is 14.1 Å². The molecule has 0 spiro atoms. The summed E-state index contributed by atoms with van der Waals surface area (Å²) >= 11 is 0. The number of anilines is 1. The molecule has 6 rings (SSSR count). The van der Waals surface area contributed by atoms with Crippen molar-refractivity contribution in [3.05, 3.63) is 60.2 Å². The van der Waals surface area contributed by atoms with Gasteiger partial charge in [-0.25, -0.2) is 4.98 Å². The van der Waals surface area contributed by atoms with Gasteiger partial charge in [0.15, 0.2) is 0 Å². The van der Waals surface area contributed by atoms with E-state index in [0.717, 1.165) is 41.4 Å². The molecule has 1 aromatic carbocycles. The number of piperazine rings is 1. The minimum absolute atomic E-state index is 0.0572. The van der Waals surface area contributed by atoms with E-state index in [1.165, 1.54) is 0 Å². The van der Waals surface area contributed by atoms with Crippen molar-refractivity contribution in [1.29, 1.82) is 0 Å². The maximum atomic E-state index is 13.0. The van der Waals surface area contributed by atoms with Crippen LogP contribution < -0.4 is 9.64 Å². The van der Waals surface area contributed by atoms with Crippen LogP contribution in [0.25, 0.3) is 22.6 Å². The molecule has 1 aliphatic carbocycles. The summed E-state index contributed by atoms with van der Waals surface area (Å²) in [6, 6.07) is 13.3. The number of benzene rings is 1. The van der Waals surface area contributed by atoms with Gasteiger partial charge in [-0.2, -0.15) is 10.1 Å². The number of pyridine rings is 1. The van der Waals surface area contributed by atoms with Gasteiger partial charge in [-0.05, 0) is 43.2 Å². The first kappa shape index (κ1) is 21.3. The Morgan fingerprint density at radius 1 is 1.09 bits per heavy atom. The molecule has 0 unspecified atom stereocenters. The quantitative estimate of drug-likeness (QED) is 0.455. The van der Waals surface area contributed by atoms with Crippen molar-refractivity contribution >= 4 is 11.7 Å². The van der Waals surface area contributed by atoms with Crippen molar-refractivity contribution in [3.8, 4) is 28.4 Å². The second kappa shape index (κ2) is 8.86. The standard InChI is InChI=1S/C25H25N7O3/c1-34-19-4-2-3-17(13-19)20-14-21(29-28-20)25(33)32-11-9-31(10-12-32)22-8-7-18(15-26-22)23-27-24(35-30-23)16-5-6-16/h2-4,7-8,13-16H,5-6,9-12H2,1H3,(H,28,29). The number of aromatic nitrogens is 5. The summed E-state index contributed by atoms with van der Waals surface area (Å²) in [5, 5.41) is 11.3. The van der Waals surface area contributed by atoms with Crippen molar-refractivity contribution in [3.63, 3.8) is 0 Å². The van der Waals surface area contributed by atoms with Gasteiger partial charge in [0, 0.05) is 49.4 Å². The smallest absolute Gasteiger partial charge is 0.272 e. The Morgan fingerprint density at radius 3 is 2.69 bits per heavy atom. The molecule has 1 amide bonds. The van der Waals surface area contributed by atoms with Gasteiger partial charge in [0.25, 0.3) is 5.91 Å². The first-order valence-corrected chi connectivity index (χ1v) is 11.7. The molecule has 10 nitrogen and oxygen atoms in total. The van der Waals surface area contributed by atoms with E-state index >= 15 is 0 Å². The van der Waals surface area contributed by atoms with Gasteiger partial charge >= 0.3 is 0 Å². The molecule has 10 heteroatoms. The number of nitrogens with zero attached hydrogens (tertiary/aromatic N) is 6. The molecule has 0 bridgehead atoms. The summed E-state index contributed by atoms with van der Waals surface area (Å²) in [6.45, 7) is 2.60. The molecule has 2 fully saturated rings. The highest BCUT2D eigenvalue weighted by atomic mass is 16.5. The van der Waals surface area contributed by atoms with E-state index in [9.17, 15) is 4.79 Å². The zero-order valence-corrected chi connectivity index (χ0v) is 19.3. The van der Waals surface area contributed by atoms with Gasteiger partial charge in [0.05, 0.1) is 12.8 Å². The number of H-pyrrole nitrogens is 1. The number of carbonyl (C=O) groups excluding carboxylic acids is 1. The molecule has 2 aliphatic rings. The van der Waals surface area contributed by atoms with Gasteiger partial charge in [-0.1, -0.05) is 17.3 Å². The van der Waals surface area contributed by atoms with E-state index < -0.39 is 0 Å². The number of rotatable bonds is 6. The Labute approximate surface area is 201 Å². The third-order valence-corrected chi connectivity index (χ3v) is 6.44. The Morgan fingerprint density at radius 2 is 1.94 bits per heavy atom. The molecule has 4 aromatic rings. The SMILES string of the molecule is COc1cccc(-c2cc(C(=O)N3CCN(c4ccc(-c5noc(C6CC6)n5)cn4)CC3)[nH]n2)c1. The predicted molar refractivity (Wildman–Crippen MR) is 128 cm³/mol. The molecule has 4 heterocycles. The van der Waals surface area contributed by atoms with Crippen LogP contribution >= 0.6 is 0 Å². The minimum atomic E-state index is -0.0572. The fourth-order valence-electron chi connectivity index (χ4n) is 4.22. The maximum absolute atomic E-state index is 13.0. The first-order valence-electron chi connectivity index (χ1n) is 11.7. The number of ether oxygens (including phenoxy) is 1. The molecule has 1 aliphatic heterocycles. The van der Waals surface area contributed by atoms with Crippen molar-refractivity contribution in [2.45, 2.75) is 18.8 Å². The average Bonchev–Trinajstić information content (AvgIpc) is 3.44. The van der Waals surface area contributed by atoms with Crippen LogP contribution in [0.5, 0.6) is 5.75 Å². The highest BCUT2D eigenvalue weighted by molar-refractivity contribution is 5.93. The number of aromatic amines is 1. The van der Waals surface area contributed by atoms with E-state index in [1.54, 1.807) is 19.4 Å². The summed E-state index contributed by atoms with van der Waals surface area (Å²) in [6.07, 6.45) is 4.02. The summed E-state index contributed by atoms with van der Waals surface area (Å²) in [5.74, 6) is 3.29. The number of hydrogen-bond acceptors (Lipinski definition) is 8. The lowest BCUT2D eigenvalue weighted by Crippen LogP contribution is -2.49. The molecule has 35 heavy (non-hydrogen) atoms. The number of hydrogen-bond donors (Lipinski definition) is 1. The zero-order chi connectivity index (χ0) is 23.8. The number of nitrogens with one attached hydrogen (secondary N) is 1. The molecular weight excluding hydrogens is 446 g/mol. The summed E-state index contributed by atoms with van der Waals surface area (Å²) in [5.41, 5.74) is 2.92. The molecule has 0 atom stereocenters. The Hall–Kier alpha value is -4.21. The normalized spacial score (nSPS) is 15.9. The number of methoxy groups -OCH3 is 1. The fraction of sp³-hybridized carbons (Fsp3) is 0.320. The Balaban J connectivity index is 1.07. The summed E-state index contributed by atoms with van der Waals surface area (Å²) in [7, 11) is 1.63. The van der Waals surface area contributed by atoms with Gasteiger partial charge in [0.1, 0.15) is 17.3 Å². The van der Waals surface area contributed by atoms with Crippen molar-refractivity contribution in [1.82, 2.24) is 30.2 Å². The Bertz CT molecular complexity index is 1340. The monoisotopic (exact) mass is 471 g/mol. The summed E-state index contributed by atoms with van der Waals surface area (Å²) in [4.78, 5) is 26.1. The van der Waals surface area contributed by atoms with E-state index in [0.29, 0.717) is 49.3 Å². The minimum Gasteiger partial charge on any atom is -0.497 e. The molecule has 3 aromatic heterocycles. The van der Waals surface area contributed by atoms with Crippen LogP contribution in [0.3, 0.4) is 0 Å². The second-order valence-corrected chi connectivity index (χ2v) is 8.81. The van der Waals surface area contributed by atoms with Crippen LogP contribution in [0.15, 0.2) is 53.2 Å². The van der Waals surface area contributed by atoms with Crippen molar-refractivity contribution in [2.24, 2.45) is 0 Å². The van der Waals surface area contributed by atoms with Gasteiger partial charge in [0.2, 0.25) is 11.7 Å². The molecule has 1 N–H and O–H groups in total. The van der Waals surface area contributed by atoms with E-state index in [4.69, 9.17) is 9.26 Å². The number of amides is 1. The van der Waals surface area contributed by atoms with Crippen LogP contribution in [-0.2, 0) is 0 Å². The number of carbonyl (C=O) groups is 1. The van der Waals surface area contributed by atoms with E-state index in [-0.39, 0.29) is 5.91 Å². The van der Waals surface area contributed by atoms with Crippen LogP contribution in [0.4, 0.5) is 5.82 Å². The lowest BCUT2D eigenvalue weighted by atomic mass is 10.1. The first-order chi connectivity index (χ1) is 17.2. The van der Waals surface area contributed by atoms with Crippen LogP contribution in [0, 0.1) is 0 Å². The average molecular weight is 472 g/mol. The third kappa shape index (κ3) is 4.34. The van der Waals surface area contributed by atoms with Gasteiger partial charge in [-0.15, -0.1) is 0 Å². The van der Waals surface area contributed by atoms with E-state index in [2.05, 4.69) is 30.2 Å². The highest BCUT2D eigenvalue weighted by Crippen LogP contribution is 2.39. The topological polar surface area (TPSA) is 113 Å². The largest absolute Gasteiger partial charge is 0.497 e. The zero-order valence-electron chi connectivity index (χ0n) is 19.3. The lowest BCUT2D eigenvalue weighted by Gasteiger charge is -2.35. The highest BCUT2D eigenvalue weighted by Gasteiger charge is 2.30. The third-order valence-electron chi connectivity index (χ3n) is 6.44. The summed E-state index contributed by atoms with van der Waals surface area (Å²) < 4.78 is 10.6. The molecule has 178 valence electrons. The fourth-order valence-corrected chi connectivity index (χ4v) is 4.22. The Kier molecular flexibility index (Phi) is 5.40. The van der Waals surface area contributed by atoms with E-state index in [1.807, 2.05) is 41.3 Å². The van der Waals surface area contributed by atoms with Crippen LogP contribution in [0.1, 0.15) is 35.1 Å². The van der Waals surface area contributed by atoms with Gasteiger partial charge < -0.3 is 19.1 Å². The predicted octanol–water partition coefficient (Wildman–Crippen LogP) is 3.37. The maximum Gasteiger partial charge on any atom is 0.272 e.